The van der Waals surface area contributed by atoms with Crippen molar-refractivity contribution in [3.05, 3.63) is 69.0 Å². The molecule has 0 aromatic heterocycles. The summed E-state index contributed by atoms with van der Waals surface area (Å²) in [5.74, 6) is -0.674. The predicted molar refractivity (Wildman–Crippen MR) is 75.6 cm³/mol. The lowest BCUT2D eigenvalue weighted by atomic mass is 9.99. The molecule has 19 heavy (non-hydrogen) atoms. The minimum Gasteiger partial charge on any atom is -0.294 e. The predicted octanol–water partition coefficient (Wildman–Crippen LogP) is 4.87. The van der Waals surface area contributed by atoms with Crippen LogP contribution in [0.2, 0.25) is 10.0 Å². The van der Waals surface area contributed by atoms with Crippen LogP contribution in [-0.4, -0.2) is 5.78 Å². The van der Waals surface area contributed by atoms with Crippen molar-refractivity contribution in [1.29, 1.82) is 0 Å². The van der Waals surface area contributed by atoms with E-state index >= 15 is 0 Å². The molecule has 0 saturated heterocycles. The van der Waals surface area contributed by atoms with Crippen LogP contribution in [0.3, 0.4) is 0 Å². The molecule has 0 aliphatic heterocycles. The third-order valence-electron chi connectivity index (χ3n) is 2.90. The molecule has 0 N–H and O–H groups in total. The van der Waals surface area contributed by atoms with Crippen molar-refractivity contribution in [2.45, 2.75) is 13.3 Å². The molecule has 0 heterocycles. The molecule has 0 saturated carbocycles. The van der Waals surface area contributed by atoms with Crippen molar-refractivity contribution in [3.63, 3.8) is 0 Å². The number of aryl methyl sites for hydroxylation is 1. The van der Waals surface area contributed by atoms with Crippen LogP contribution in [-0.2, 0) is 6.42 Å². The zero-order valence-corrected chi connectivity index (χ0v) is 11.7. The summed E-state index contributed by atoms with van der Waals surface area (Å²) in [6.45, 7) is 1.81. The fraction of sp³-hybridized carbons (Fsp3) is 0.133. The van der Waals surface area contributed by atoms with E-state index in [0.29, 0.717) is 10.6 Å². The average molecular weight is 297 g/mol. The first-order valence-electron chi connectivity index (χ1n) is 5.71. The van der Waals surface area contributed by atoms with Crippen LogP contribution >= 0.6 is 23.2 Å². The molecule has 1 nitrogen and oxygen atoms in total. The summed E-state index contributed by atoms with van der Waals surface area (Å²) in [4.78, 5) is 12.2. The molecule has 0 amide bonds. The summed E-state index contributed by atoms with van der Waals surface area (Å²) in [6, 6.07) is 9.43. The second-order valence-electron chi connectivity index (χ2n) is 4.26. The first-order chi connectivity index (χ1) is 8.99. The van der Waals surface area contributed by atoms with E-state index in [9.17, 15) is 9.18 Å². The Morgan fingerprint density at radius 1 is 1.21 bits per heavy atom. The second kappa shape index (κ2) is 5.72. The summed E-state index contributed by atoms with van der Waals surface area (Å²) >= 11 is 11.8. The van der Waals surface area contributed by atoms with E-state index in [1.807, 2.05) is 6.92 Å². The van der Waals surface area contributed by atoms with Gasteiger partial charge in [-0.15, -0.1) is 0 Å². The summed E-state index contributed by atoms with van der Waals surface area (Å²) in [7, 11) is 0. The van der Waals surface area contributed by atoms with Crippen molar-refractivity contribution >= 4 is 29.0 Å². The van der Waals surface area contributed by atoms with Crippen molar-refractivity contribution < 1.29 is 9.18 Å². The van der Waals surface area contributed by atoms with Gasteiger partial charge >= 0.3 is 0 Å². The van der Waals surface area contributed by atoms with Gasteiger partial charge in [0, 0.05) is 27.6 Å². The summed E-state index contributed by atoms with van der Waals surface area (Å²) in [6.07, 6.45) is -0.0767. The number of ketones is 1. The quantitative estimate of drug-likeness (QED) is 0.739. The number of carbonyl (C=O) groups excluding carboxylic acids is 1. The molecule has 2 rings (SSSR count). The van der Waals surface area contributed by atoms with E-state index in [-0.39, 0.29) is 22.8 Å². The number of Topliss-reactive ketones (excluding diaryl/α,β-unsaturated/α-hetero) is 1. The zero-order valence-electron chi connectivity index (χ0n) is 10.2. The fourth-order valence-corrected chi connectivity index (χ4v) is 2.25. The van der Waals surface area contributed by atoms with E-state index in [1.54, 1.807) is 24.3 Å². The molecule has 98 valence electrons. The molecule has 0 fully saturated rings. The van der Waals surface area contributed by atoms with E-state index in [4.69, 9.17) is 23.2 Å². The van der Waals surface area contributed by atoms with Gasteiger partial charge in [-0.1, -0.05) is 35.3 Å². The van der Waals surface area contributed by atoms with E-state index < -0.39 is 5.82 Å². The maximum Gasteiger partial charge on any atom is 0.167 e. The number of hydrogen-bond acceptors (Lipinski definition) is 1. The fourth-order valence-electron chi connectivity index (χ4n) is 1.85. The highest BCUT2D eigenvalue weighted by Crippen LogP contribution is 2.23. The monoisotopic (exact) mass is 296 g/mol. The highest BCUT2D eigenvalue weighted by molar-refractivity contribution is 6.32. The minimum atomic E-state index is -0.472. The third kappa shape index (κ3) is 3.14. The molecule has 0 atom stereocenters. The molecular weight excluding hydrogens is 286 g/mol. The molecule has 0 radical (unpaired) electrons. The number of hydrogen-bond donors (Lipinski definition) is 0. The minimum absolute atomic E-state index is 0.0767. The highest BCUT2D eigenvalue weighted by atomic mass is 35.5. The first kappa shape index (κ1) is 14.0. The zero-order chi connectivity index (χ0) is 14.0. The van der Waals surface area contributed by atoms with Gasteiger partial charge in [0.2, 0.25) is 0 Å². The van der Waals surface area contributed by atoms with Gasteiger partial charge < -0.3 is 0 Å². The Bertz CT molecular complexity index is 618. The van der Waals surface area contributed by atoms with Crippen LogP contribution < -0.4 is 0 Å². The summed E-state index contributed by atoms with van der Waals surface area (Å²) < 4.78 is 13.6. The molecule has 2 aromatic rings. The number of halogens is 3. The van der Waals surface area contributed by atoms with Crippen molar-refractivity contribution in [3.8, 4) is 0 Å². The first-order valence-corrected chi connectivity index (χ1v) is 6.47. The maximum absolute atomic E-state index is 13.6. The third-order valence-corrected chi connectivity index (χ3v) is 3.49. The van der Waals surface area contributed by atoms with Crippen LogP contribution in [0.15, 0.2) is 36.4 Å². The number of benzene rings is 2. The molecule has 0 spiro atoms. The van der Waals surface area contributed by atoms with E-state index in [1.165, 1.54) is 12.1 Å². The Labute approximate surface area is 121 Å². The van der Waals surface area contributed by atoms with Gasteiger partial charge in [-0.05, 0) is 36.8 Å². The van der Waals surface area contributed by atoms with Crippen LogP contribution in [0, 0.1) is 12.7 Å². The SMILES string of the molecule is Cc1ccc(Cl)cc1C(=O)Cc1c(F)cccc1Cl. The molecule has 4 heteroatoms. The van der Waals surface area contributed by atoms with Gasteiger partial charge in [0.1, 0.15) is 5.82 Å². The van der Waals surface area contributed by atoms with Crippen LogP contribution in [0.25, 0.3) is 0 Å². The maximum atomic E-state index is 13.6. The Hall–Kier alpha value is -1.38. The standard InChI is InChI=1S/C15H11Cl2FO/c1-9-5-6-10(16)7-11(9)15(19)8-12-13(17)3-2-4-14(12)18/h2-7H,8H2,1H3. The van der Waals surface area contributed by atoms with Gasteiger partial charge in [-0.3, -0.25) is 4.79 Å². The second-order valence-corrected chi connectivity index (χ2v) is 5.10. The van der Waals surface area contributed by atoms with Gasteiger partial charge in [0.15, 0.2) is 5.78 Å². The molecule has 0 aliphatic rings. The lowest BCUT2D eigenvalue weighted by molar-refractivity contribution is 0.0991. The van der Waals surface area contributed by atoms with Crippen molar-refractivity contribution in [1.82, 2.24) is 0 Å². The summed E-state index contributed by atoms with van der Waals surface area (Å²) in [5, 5.41) is 0.738. The Morgan fingerprint density at radius 3 is 2.63 bits per heavy atom. The van der Waals surface area contributed by atoms with Crippen LogP contribution in [0.5, 0.6) is 0 Å². The summed E-state index contributed by atoms with van der Waals surface area (Å²) in [5.41, 5.74) is 1.52. The molecule has 0 aliphatic carbocycles. The molecule has 2 aromatic carbocycles. The number of carbonyl (C=O) groups is 1. The van der Waals surface area contributed by atoms with Gasteiger partial charge in [-0.25, -0.2) is 4.39 Å². The topological polar surface area (TPSA) is 17.1 Å². The van der Waals surface area contributed by atoms with Crippen molar-refractivity contribution in [2.24, 2.45) is 0 Å². The molecular formula is C15H11Cl2FO. The van der Waals surface area contributed by atoms with Gasteiger partial charge in [0.05, 0.1) is 0 Å². The van der Waals surface area contributed by atoms with Crippen molar-refractivity contribution in [2.75, 3.05) is 0 Å². The van der Waals surface area contributed by atoms with E-state index in [0.717, 1.165) is 5.56 Å². The smallest absolute Gasteiger partial charge is 0.167 e. The lowest BCUT2D eigenvalue weighted by Crippen LogP contribution is -2.07. The Balaban J connectivity index is 2.34. The average Bonchev–Trinajstić information content (AvgIpc) is 2.37. The largest absolute Gasteiger partial charge is 0.294 e. The van der Waals surface area contributed by atoms with Gasteiger partial charge in [0.25, 0.3) is 0 Å². The number of rotatable bonds is 3. The van der Waals surface area contributed by atoms with E-state index in [2.05, 4.69) is 0 Å². The van der Waals surface area contributed by atoms with Crippen LogP contribution in [0.1, 0.15) is 21.5 Å². The lowest BCUT2D eigenvalue weighted by Gasteiger charge is -2.08. The highest BCUT2D eigenvalue weighted by Gasteiger charge is 2.15. The van der Waals surface area contributed by atoms with Crippen LogP contribution in [0.4, 0.5) is 4.39 Å². The normalized spacial score (nSPS) is 10.5. The Morgan fingerprint density at radius 2 is 1.95 bits per heavy atom. The molecule has 0 unspecified atom stereocenters. The van der Waals surface area contributed by atoms with Gasteiger partial charge in [-0.2, -0.15) is 0 Å². The molecule has 0 bridgehead atoms. The Kier molecular flexibility index (Phi) is 4.23.